The van der Waals surface area contributed by atoms with E-state index in [1.807, 2.05) is 30.3 Å². The summed E-state index contributed by atoms with van der Waals surface area (Å²) in [6.45, 7) is 0.915. The lowest BCUT2D eigenvalue weighted by molar-refractivity contribution is 0.102. The molecule has 2 heterocycles. The van der Waals surface area contributed by atoms with Gasteiger partial charge >= 0.3 is 0 Å². The van der Waals surface area contributed by atoms with E-state index >= 15 is 0 Å². The summed E-state index contributed by atoms with van der Waals surface area (Å²) in [5.74, 6) is -0.168. The second-order valence-corrected chi connectivity index (χ2v) is 5.51. The largest absolute Gasteiger partial charge is 0.472 e. The number of para-hydroxylation sites is 3. The van der Waals surface area contributed by atoms with E-state index in [9.17, 15) is 4.79 Å². The molecule has 1 amide bonds. The van der Waals surface area contributed by atoms with Crippen LogP contribution in [-0.2, 0) is 6.42 Å². The van der Waals surface area contributed by atoms with Gasteiger partial charge in [0.05, 0.1) is 23.2 Å². The summed E-state index contributed by atoms with van der Waals surface area (Å²) < 4.78 is 4.98. The molecule has 0 spiro atoms. The minimum Gasteiger partial charge on any atom is -0.472 e. The molecule has 2 aromatic carbocycles. The molecule has 0 saturated carbocycles. The highest BCUT2D eigenvalue weighted by molar-refractivity contribution is 6.06. The van der Waals surface area contributed by atoms with Gasteiger partial charge in [-0.3, -0.25) is 4.79 Å². The van der Waals surface area contributed by atoms with Crippen molar-refractivity contribution >= 4 is 23.0 Å². The molecule has 4 nitrogen and oxygen atoms in total. The van der Waals surface area contributed by atoms with Crippen LogP contribution in [0.25, 0.3) is 0 Å². The maximum absolute atomic E-state index is 12.3. The number of amides is 1. The third-order valence-electron chi connectivity index (χ3n) is 4.11. The standard InChI is InChI=1S/C19H16N2O2/c22-19(15-10-12-23-13-15)20-16-6-2-4-8-18(16)21-11-9-14-5-1-3-7-17(14)21/h1-8,10,12-13H,9,11H2,(H,20,22). The average Bonchev–Trinajstić information content (AvgIpc) is 3.25. The summed E-state index contributed by atoms with van der Waals surface area (Å²) in [5, 5.41) is 2.98. The third kappa shape index (κ3) is 2.48. The smallest absolute Gasteiger partial charge is 0.258 e. The first-order valence-corrected chi connectivity index (χ1v) is 7.61. The van der Waals surface area contributed by atoms with Gasteiger partial charge in [0.15, 0.2) is 0 Å². The average molecular weight is 304 g/mol. The van der Waals surface area contributed by atoms with Gasteiger partial charge in [0, 0.05) is 12.2 Å². The molecule has 114 valence electrons. The molecule has 23 heavy (non-hydrogen) atoms. The molecular formula is C19H16N2O2. The van der Waals surface area contributed by atoms with Gasteiger partial charge in [-0.2, -0.15) is 0 Å². The fourth-order valence-electron chi connectivity index (χ4n) is 2.99. The maximum Gasteiger partial charge on any atom is 0.258 e. The second kappa shape index (κ2) is 5.65. The van der Waals surface area contributed by atoms with Gasteiger partial charge in [-0.15, -0.1) is 0 Å². The fraction of sp³-hybridized carbons (Fsp3) is 0.105. The predicted octanol–water partition coefficient (Wildman–Crippen LogP) is 4.23. The Morgan fingerprint density at radius 1 is 1.00 bits per heavy atom. The first-order valence-electron chi connectivity index (χ1n) is 7.61. The van der Waals surface area contributed by atoms with Crippen LogP contribution >= 0.6 is 0 Å². The van der Waals surface area contributed by atoms with Crippen molar-refractivity contribution in [3.8, 4) is 0 Å². The molecule has 4 heteroatoms. The normalized spacial score (nSPS) is 13.0. The molecular weight excluding hydrogens is 288 g/mol. The van der Waals surface area contributed by atoms with Crippen molar-refractivity contribution in [1.29, 1.82) is 0 Å². The molecule has 1 N–H and O–H groups in total. The quantitative estimate of drug-likeness (QED) is 0.787. The molecule has 4 rings (SSSR count). The molecule has 0 bridgehead atoms. The van der Waals surface area contributed by atoms with E-state index < -0.39 is 0 Å². The van der Waals surface area contributed by atoms with E-state index in [4.69, 9.17) is 4.42 Å². The topological polar surface area (TPSA) is 45.5 Å². The van der Waals surface area contributed by atoms with Gasteiger partial charge in [-0.05, 0) is 36.2 Å². The van der Waals surface area contributed by atoms with E-state index in [2.05, 4.69) is 28.4 Å². The Kier molecular flexibility index (Phi) is 3.35. The van der Waals surface area contributed by atoms with E-state index in [1.54, 1.807) is 6.07 Å². The number of benzene rings is 2. The van der Waals surface area contributed by atoms with E-state index in [-0.39, 0.29) is 5.91 Å². The van der Waals surface area contributed by atoms with Gasteiger partial charge < -0.3 is 14.6 Å². The van der Waals surface area contributed by atoms with Crippen molar-refractivity contribution in [2.24, 2.45) is 0 Å². The summed E-state index contributed by atoms with van der Waals surface area (Å²) in [7, 11) is 0. The Morgan fingerprint density at radius 2 is 1.78 bits per heavy atom. The van der Waals surface area contributed by atoms with Crippen LogP contribution in [0.4, 0.5) is 17.1 Å². The molecule has 0 fully saturated rings. The number of nitrogens with one attached hydrogen (secondary N) is 1. The predicted molar refractivity (Wildman–Crippen MR) is 90.3 cm³/mol. The van der Waals surface area contributed by atoms with Crippen LogP contribution in [0.15, 0.2) is 71.5 Å². The van der Waals surface area contributed by atoms with Gasteiger partial charge in [-0.25, -0.2) is 0 Å². The fourth-order valence-corrected chi connectivity index (χ4v) is 2.99. The van der Waals surface area contributed by atoms with Crippen molar-refractivity contribution in [2.45, 2.75) is 6.42 Å². The van der Waals surface area contributed by atoms with Crippen molar-refractivity contribution in [1.82, 2.24) is 0 Å². The van der Waals surface area contributed by atoms with Crippen LogP contribution in [-0.4, -0.2) is 12.5 Å². The molecule has 1 aliphatic rings. The summed E-state index contributed by atoms with van der Waals surface area (Å²) in [6.07, 6.45) is 3.96. The number of nitrogens with zero attached hydrogens (tertiary/aromatic N) is 1. The lowest BCUT2D eigenvalue weighted by Gasteiger charge is -2.22. The molecule has 0 unspecified atom stereocenters. The van der Waals surface area contributed by atoms with Crippen LogP contribution < -0.4 is 10.2 Å². The molecule has 0 saturated heterocycles. The minimum atomic E-state index is -0.168. The Labute approximate surface area is 134 Å². The van der Waals surface area contributed by atoms with Crippen LogP contribution in [0.1, 0.15) is 15.9 Å². The monoisotopic (exact) mass is 304 g/mol. The van der Waals surface area contributed by atoms with E-state index in [0.717, 1.165) is 24.3 Å². The zero-order valence-electron chi connectivity index (χ0n) is 12.5. The number of fused-ring (bicyclic) bond motifs is 1. The Bertz CT molecular complexity index is 840. The van der Waals surface area contributed by atoms with Crippen LogP contribution in [0.5, 0.6) is 0 Å². The van der Waals surface area contributed by atoms with Crippen LogP contribution in [0.3, 0.4) is 0 Å². The second-order valence-electron chi connectivity index (χ2n) is 5.51. The first-order chi connectivity index (χ1) is 11.3. The van der Waals surface area contributed by atoms with Crippen molar-refractivity contribution in [3.05, 3.63) is 78.3 Å². The SMILES string of the molecule is O=C(Nc1ccccc1N1CCc2ccccc21)c1ccoc1. The molecule has 0 aliphatic carbocycles. The van der Waals surface area contributed by atoms with E-state index in [1.165, 1.54) is 23.8 Å². The van der Waals surface area contributed by atoms with Gasteiger partial charge in [0.25, 0.3) is 5.91 Å². The molecule has 1 aromatic heterocycles. The first kappa shape index (κ1) is 13.6. The summed E-state index contributed by atoms with van der Waals surface area (Å²) in [6, 6.07) is 17.9. The van der Waals surface area contributed by atoms with Crippen molar-refractivity contribution in [3.63, 3.8) is 0 Å². The Morgan fingerprint density at radius 3 is 2.61 bits per heavy atom. The number of carbonyl (C=O) groups excluding carboxylic acids is 1. The molecule has 1 aliphatic heterocycles. The van der Waals surface area contributed by atoms with Crippen molar-refractivity contribution < 1.29 is 9.21 Å². The van der Waals surface area contributed by atoms with Crippen molar-refractivity contribution in [2.75, 3.05) is 16.8 Å². The molecule has 0 radical (unpaired) electrons. The zero-order chi connectivity index (χ0) is 15.6. The van der Waals surface area contributed by atoms with E-state index in [0.29, 0.717) is 5.56 Å². The minimum absolute atomic E-state index is 0.168. The van der Waals surface area contributed by atoms with Crippen LogP contribution in [0.2, 0.25) is 0 Å². The number of hydrogen-bond donors (Lipinski definition) is 1. The van der Waals surface area contributed by atoms with Crippen LogP contribution in [0, 0.1) is 0 Å². The highest BCUT2D eigenvalue weighted by Crippen LogP contribution is 2.38. The lowest BCUT2D eigenvalue weighted by atomic mass is 10.1. The Hall–Kier alpha value is -3.01. The number of hydrogen-bond acceptors (Lipinski definition) is 3. The highest BCUT2D eigenvalue weighted by Gasteiger charge is 2.22. The maximum atomic E-state index is 12.3. The molecule has 3 aromatic rings. The van der Waals surface area contributed by atoms with Gasteiger partial charge in [-0.1, -0.05) is 30.3 Å². The highest BCUT2D eigenvalue weighted by atomic mass is 16.3. The summed E-state index contributed by atoms with van der Waals surface area (Å²) in [5.41, 5.74) is 4.87. The number of carbonyl (C=O) groups is 1. The third-order valence-corrected chi connectivity index (χ3v) is 4.11. The number of rotatable bonds is 3. The summed E-state index contributed by atoms with van der Waals surface area (Å²) in [4.78, 5) is 14.5. The number of furan rings is 1. The zero-order valence-corrected chi connectivity index (χ0v) is 12.5. The summed E-state index contributed by atoms with van der Waals surface area (Å²) >= 11 is 0. The Balaban J connectivity index is 1.67. The van der Waals surface area contributed by atoms with Gasteiger partial charge in [0.2, 0.25) is 0 Å². The number of anilines is 3. The van der Waals surface area contributed by atoms with Gasteiger partial charge in [0.1, 0.15) is 6.26 Å². The molecule has 0 atom stereocenters. The lowest BCUT2D eigenvalue weighted by Crippen LogP contribution is -2.18.